The number of rotatable bonds is 6. The van der Waals surface area contributed by atoms with Crippen molar-refractivity contribution in [1.82, 2.24) is 5.32 Å². The van der Waals surface area contributed by atoms with Gasteiger partial charge in [0.25, 0.3) is 0 Å². The summed E-state index contributed by atoms with van der Waals surface area (Å²) in [5.41, 5.74) is 3.36. The van der Waals surface area contributed by atoms with Gasteiger partial charge in [0.05, 0.1) is 0 Å². The lowest BCUT2D eigenvalue weighted by Crippen LogP contribution is -2.26. The lowest BCUT2D eigenvalue weighted by molar-refractivity contribution is 0.311. The van der Waals surface area contributed by atoms with Gasteiger partial charge in [-0.2, -0.15) is 0 Å². The van der Waals surface area contributed by atoms with Crippen molar-refractivity contribution in [2.24, 2.45) is 5.41 Å². The molecule has 1 aliphatic rings. The van der Waals surface area contributed by atoms with Gasteiger partial charge in [-0.15, -0.1) is 0 Å². The minimum Gasteiger partial charge on any atom is -0.310 e. The SMILES string of the molecule is CCCNC(CC(C)(C)C)c1ccc(C2CCC2)cc1. The zero-order valence-electron chi connectivity index (χ0n) is 13.7. The van der Waals surface area contributed by atoms with E-state index in [0.717, 1.165) is 12.5 Å². The molecule has 1 heteroatoms. The largest absolute Gasteiger partial charge is 0.310 e. The van der Waals surface area contributed by atoms with E-state index in [-0.39, 0.29) is 0 Å². The van der Waals surface area contributed by atoms with Crippen LogP contribution in [0.5, 0.6) is 0 Å². The van der Waals surface area contributed by atoms with Crippen molar-refractivity contribution in [1.29, 1.82) is 0 Å². The minimum atomic E-state index is 0.359. The standard InChI is InChI=1S/C19H31N/c1-5-13-20-18(14-19(2,3)4)17-11-9-16(10-12-17)15-7-6-8-15/h9-12,15,18,20H,5-8,13-14H2,1-4H3. The predicted octanol–water partition coefficient (Wildman–Crippen LogP) is 5.43. The Hall–Kier alpha value is -0.820. The Morgan fingerprint density at radius 1 is 1.15 bits per heavy atom. The fourth-order valence-electron chi connectivity index (χ4n) is 2.98. The van der Waals surface area contributed by atoms with Crippen LogP contribution in [0.25, 0.3) is 0 Å². The first-order valence-electron chi connectivity index (χ1n) is 8.33. The van der Waals surface area contributed by atoms with Crippen molar-refractivity contribution in [2.75, 3.05) is 6.54 Å². The fraction of sp³-hybridized carbons (Fsp3) is 0.684. The molecule has 0 bridgehead atoms. The molecule has 0 spiro atoms. The second-order valence-corrected chi connectivity index (χ2v) is 7.57. The van der Waals surface area contributed by atoms with E-state index in [2.05, 4.69) is 57.3 Å². The van der Waals surface area contributed by atoms with Gasteiger partial charge < -0.3 is 5.32 Å². The third-order valence-corrected chi connectivity index (χ3v) is 4.37. The molecular weight excluding hydrogens is 242 g/mol. The van der Waals surface area contributed by atoms with Crippen molar-refractivity contribution in [3.05, 3.63) is 35.4 Å². The van der Waals surface area contributed by atoms with Crippen LogP contribution in [-0.4, -0.2) is 6.54 Å². The second kappa shape index (κ2) is 6.76. The zero-order valence-corrected chi connectivity index (χ0v) is 13.7. The first-order valence-corrected chi connectivity index (χ1v) is 8.33. The van der Waals surface area contributed by atoms with E-state index in [1.165, 1.54) is 37.7 Å². The summed E-state index contributed by atoms with van der Waals surface area (Å²) in [4.78, 5) is 0. The third-order valence-electron chi connectivity index (χ3n) is 4.37. The molecule has 1 aliphatic carbocycles. The van der Waals surface area contributed by atoms with Gasteiger partial charge in [-0.25, -0.2) is 0 Å². The van der Waals surface area contributed by atoms with Crippen LogP contribution in [-0.2, 0) is 0 Å². The molecule has 20 heavy (non-hydrogen) atoms. The molecule has 1 atom stereocenters. The van der Waals surface area contributed by atoms with E-state index in [4.69, 9.17) is 0 Å². The molecule has 0 amide bonds. The van der Waals surface area contributed by atoms with E-state index in [9.17, 15) is 0 Å². The van der Waals surface area contributed by atoms with Gasteiger partial charge in [-0.1, -0.05) is 58.4 Å². The van der Waals surface area contributed by atoms with Crippen LogP contribution >= 0.6 is 0 Å². The Bertz CT molecular complexity index is 395. The van der Waals surface area contributed by atoms with Gasteiger partial charge in [0.1, 0.15) is 0 Å². The Kier molecular flexibility index (Phi) is 5.26. The van der Waals surface area contributed by atoms with Crippen molar-refractivity contribution in [2.45, 2.75) is 71.8 Å². The van der Waals surface area contributed by atoms with E-state index >= 15 is 0 Å². The van der Waals surface area contributed by atoms with Crippen LogP contribution in [0.2, 0.25) is 0 Å². The van der Waals surface area contributed by atoms with Crippen molar-refractivity contribution < 1.29 is 0 Å². The van der Waals surface area contributed by atoms with Gasteiger partial charge in [0, 0.05) is 6.04 Å². The van der Waals surface area contributed by atoms with Crippen molar-refractivity contribution in [3.63, 3.8) is 0 Å². The van der Waals surface area contributed by atoms with Gasteiger partial charge in [-0.05, 0) is 54.7 Å². The van der Waals surface area contributed by atoms with Gasteiger partial charge >= 0.3 is 0 Å². The summed E-state index contributed by atoms with van der Waals surface area (Å²) in [6.45, 7) is 10.3. The molecule has 1 saturated carbocycles. The van der Waals surface area contributed by atoms with Gasteiger partial charge in [0.15, 0.2) is 0 Å². The average molecular weight is 273 g/mol. The lowest BCUT2D eigenvalue weighted by Gasteiger charge is -2.29. The highest BCUT2D eigenvalue weighted by molar-refractivity contribution is 5.28. The number of benzene rings is 1. The Morgan fingerprint density at radius 3 is 2.25 bits per heavy atom. The molecule has 0 aliphatic heterocycles. The summed E-state index contributed by atoms with van der Waals surface area (Å²) < 4.78 is 0. The third kappa shape index (κ3) is 4.34. The maximum Gasteiger partial charge on any atom is 0.0325 e. The molecule has 0 saturated heterocycles. The van der Waals surface area contributed by atoms with Crippen LogP contribution in [0.3, 0.4) is 0 Å². The summed E-state index contributed by atoms with van der Waals surface area (Å²) in [6, 6.07) is 9.93. The maximum absolute atomic E-state index is 3.72. The van der Waals surface area contributed by atoms with Crippen LogP contribution in [0.1, 0.15) is 82.9 Å². The van der Waals surface area contributed by atoms with Crippen molar-refractivity contribution >= 4 is 0 Å². The molecule has 112 valence electrons. The fourth-order valence-corrected chi connectivity index (χ4v) is 2.98. The molecule has 0 radical (unpaired) electrons. The quantitative estimate of drug-likeness (QED) is 0.728. The normalized spacial score (nSPS) is 17.8. The Morgan fingerprint density at radius 2 is 1.80 bits per heavy atom. The van der Waals surface area contributed by atoms with E-state index in [1.54, 1.807) is 5.56 Å². The van der Waals surface area contributed by atoms with Crippen LogP contribution in [0.15, 0.2) is 24.3 Å². The average Bonchev–Trinajstić information content (AvgIpc) is 2.32. The highest BCUT2D eigenvalue weighted by Gasteiger charge is 2.22. The molecule has 1 aromatic carbocycles. The van der Waals surface area contributed by atoms with Crippen LogP contribution < -0.4 is 5.32 Å². The zero-order chi connectivity index (χ0) is 14.6. The minimum absolute atomic E-state index is 0.359. The molecule has 2 rings (SSSR count). The molecule has 1 fully saturated rings. The monoisotopic (exact) mass is 273 g/mol. The first-order chi connectivity index (χ1) is 9.49. The van der Waals surface area contributed by atoms with Gasteiger partial charge in [0.2, 0.25) is 0 Å². The topological polar surface area (TPSA) is 12.0 Å². The summed E-state index contributed by atoms with van der Waals surface area (Å²) >= 11 is 0. The Labute approximate surface area is 125 Å². The summed E-state index contributed by atoms with van der Waals surface area (Å²) in [5, 5.41) is 3.72. The number of nitrogens with one attached hydrogen (secondary N) is 1. The highest BCUT2D eigenvalue weighted by atomic mass is 14.9. The predicted molar refractivity (Wildman–Crippen MR) is 88.1 cm³/mol. The number of hydrogen-bond acceptors (Lipinski definition) is 1. The lowest BCUT2D eigenvalue weighted by atomic mass is 9.79. The molecule has 1 unspecified atom stereocenters. The molecule has 1 nitrogen and oxygen atoms in total. The summed E-state index contributed by atoms with van der Waals surface area (Å²) in [5.74, 6) is 0.841. The first kappa shape index (κ1) is 15.6. The van der Waals surface area contributed by atoms with Crippen LogP contribution in [0.4, 0.5) is 0 Å². The summed E-state index contributed by atoms with van der Waals surface area (Å²) in [6.07, 6.45) is 6.57. The molecule has 0 aromatic heterocycles. The van der Waals surface area contributed by atoms with Gasteiger partial charge in [-0.3, -0.25) is 0 Å². The molecule has 1 aromatic rings. The Balaban J connectivity index is 2.06. The molecule has 0 heterocycles. The number of hydrogen-bond donors (Lipinski definition) is 1. The maximum atomic E-state index is 3.72. The van der Waals surface area contributed by atoms with E-state index in [1.807, 2.05) is 0 Å². The smallest absolute Gasteiger partial charge is 0.0325 e. The molecule has 1 N–H and O–H groups in total. The summed E-state index contributed by atoms with van der Waals surface area (Å²) in [7, 11) is 0. The van der Waals surface area contributed by atoms with E-state index in [0.29, 0.717) is 11.5 Å². The van der Waals surface area contributed by atoms with Crippen LogP contribution in [0, 0.1) is 5.41 Å². The highest BCUT2D eigenvalue weighted by Crippen LogP contribution is 2.37. The van der Waals surface area contributed by atoms with E-state index < -0.39 is 0 Å². The van der Waals surface area contributed by atoms with Crippen molar-refractivity contribution in [3.8, 4) is 0 Å². The second-order valence-electron chi connectivity index (χ2n) is 7.57. The molecular formula is C19H31N.